The second kappa shape index (κ2) is 15.7. The Bertz CT molecular complexity index is 1640. The van der Waals surface area contributed by atoms with Crippen LogP contribution in [0.1, 0.15) is 40.2 Å². The van der Waals surface area contributed by atoms with E-state index in [9.17, 15) is 32.8 Å². The van der Waals surface area contributed by atoms with Gasteiger partial charge in [-0.15, -0.1) is 11.3 Å². The van der Waals surface area contributed by atoms with E-state index in [1.165, 1.54) is 23.6 Å². The van der Waals surface area contributed by atoms with Gasteiger partial charge in [0.15, 0.2) is 5.84 Å². The number of hydrogen-bond acceptors (Lipinski definition) is 10. The summed E-state index contributed by atoms with van der Waals surface area (Å²) in [6.45, 7) is -3.00. The zero-order chi connectivity index (χ0) is 34.1. The first-order valence-electron chi connectivity index (χ1n) is 13.9. The number of nitrogens with zero attached hydrogens (tertiary/aromatic N) is 2. The summed E-state index contributed by atoms with van der Waals surface area (Å²) in [7, 11) is 0. The Morgan fingerprint density at radius 3 is 2.34 bits per heavy atom. The van der Waals surface area contributed by atoms with E-state index in [2.05, 4.69) is 25.4 Å². The van der Waals surface area contributed by atoms with Crippen molar-refractivity contribution in [2.24, 2.45) is 16.6 Å². The molecule has 17 heteroatoms. The Morgan fingerprint density at radius 1 is 1.02 bits per heavy atom. The highest BCUT2D eigenvalue weighted by molar-refractivity contribution is 7.10. The lowest BCUT2D eigenvalue weighted by atomic mass is 10.1. The van der Waals surface area contributed by atoms with Crippen LogP contribution in [0.5, 0.6) is 11.5 Å². The first-order chi connectivity index (χ1) is 22.4. The fourth-order valence-corrected chi connectivity index (χ4v) is 5.51. The molecule has 2 heterocycles. The molecule has 0 unspecified atom stereocenters. The number of carbonyl (C=O) groups excluding carboxylic acids is 5. The predicted molar refractivity (Wildman–Crippen MR) is 163 cm³/mol. The molecular formula is C30H30F2N6O8S. The van der Waals surface area contributed by atoms with Gasteiger partial charge in [-0.2, -0.15) is 8.78 Å². The molecule has 1 fully saturated rings. The standard InChI is InChI=1S/C30H30F2N6O8S/c1-16(39)46-37-26(33)18-11-23(47-15-18)25(27(34)41)36-29(43)22-12-21(45-30(31)32)14-38(22)24(40)13-35-28(42)17-7-9-20(10-8-17)44-19-5-3-2-4-6-19/h2-11,15,21-22,25,30H,12-14H2,1H3,(H2,33,37)(H2,34,41)(H,35,42)(H,36,43)/t21-,22+,25+/m1/s1. The average Bonchev–Trinajstić information content (AvgIpc) is 3.69. The Morgan fingerprint density at radius 2 is 1.70 bits per heavy atom. The molecule has 4 rings (SSSR count). The third kappa shape index (κ3) is 9.54. The van der Waals surface area contributed by atoms with Crippen LogP contribution in [0.25, 0.3) is 0 Å². The molecule has 2 aromatic carbocycles. The first-order valence-corrected chi connectivity index (χ1v) is 14.8. The van der Waals surface area contributed by atoms with Gasteiger partial charge >= 0.3 is 12.6 Å². The average molecular weight is 673 g/mol. The molecular weight excluding hydrogens is 642 g/mol. The van der Waals surface area contributed by atoms with Crippen LogP contribution < -0.4 is 26.8 Å². The third-order valence-corrected chi connectivity index (χ3v) is 7.72. The molecule has 0 spiro atoms. The van der Waals surface area contributed by atoms with E-state index in [1.807, 2.05) is 18.2 Å². The van der Waals surface area contributed by atoms with Gasteiger partial charge in [0.25, 0.3) is 5.91 Å². The van der Waals surface area contributed by atoms with Gasteiger partial charge in [0.2, 0.25) is 17.7 Å². The van der Waals surface area contributed by atoms with Crippen molar-refractivity contribution >= 4 is 46.8 Å². The maximum absolute atomic E-state index is 13.4. The molecule has 1 saturated heterocycles. The lowest BCUT2D eigenvalue weighted by Gasteiger charge is -2.25. The number of para-hydroxylation sites is 1. The third-order valence-electron chi connectivity index (χ3n) is 6.72. The van der Waals surface area contributed by atoms with Crippen molar-refractivity contribution in [2.45, 2.75) is 38.1 Å². The van der Waals surface area contributed by atoms with Crippen molar-refractivity contribution < 1.29 is 47.1 Å². The van der Waals surface area contributed by atoms with E-state index in [4.69, 9.17) is 16.2 Å². The number of rotatable bonds is 13. The normalized spacial score (nSPS) is 16.8. The smallest absolute Gasteiger partial charge is 0.345 e. The number of oxime groups is 1. The minimum absolute atomic E-state index is 0.185. The van der Waals surface area contributed by atoms with Gasteiger partial charge in [0.05, 0.1) is 12.6 Å². The Labute approximate surface area is 270 Å². The number of nitrogens with two attached hydrogens (primary N) is 2. The Kier molecular flexibility index (Phi) is 11.5. The molecule has 3 aromatic rings. The van der Waals surface area contributed by atoms with Crippen LogP contribution in [0.2, 0.25) is 0 Å². The highest BCUT2D eigenvalue weighted by Crippen LogP contribution is 2.26. The zero-order valence-electron chi connectivity index (χ0n) is 24.8. The van der Waals surface area contributed by atoms with Gasteiger partial charge in [-0.25, -0.2) is 4.79 Å². The second-order valence-electron chi connectivity index (χ2n) is 10.1. The fourth-order valence-electron chi connectivity index (χ4n) is 4.55. The number of thiophene rings is 1. The Balaban J connectivity index is 1.41. The molecule has 0 saturated carbocycles. The molecule has 3 atom stereocenters. The van der Waals surface area contributed by atoms with Crippen molar-refractivity contribution in [3.05, 3.63) is 82.0 Å². The number of amidine groups is 1. The maximum Gasteiger partial charge on any atom is 0.345 e. The second-order valence-corrected chi connectivity index (χ2v) is 11.0. The van der Waals surface area contributed by atoms with Crippen LogP contribution in [-0.4, -0.2) is 72.2 Å². The number of primary amides is 1. The van der Waals surface area contributed by atoms with Crippen molar-refractivity contribution in [3.8, 4) is 11.5 Å². The summed E-state index contributed by atoms with van der Waals surface area (Å²) in [5.74, 6) is -3.02. The quantitative estimate of drug-likeness (QED) is 0.0906. The minimum atomic E-state index is -3.17. The summed E-state index contributed by atoms with van der Waals surface area (Å²) in [5.41, 5.74) is 11.8. The van der Waals surface area contributed by atoms with Gasteiger partial charge in [0.1, 0.15) is 23.6 Å². The lowest BCUT2D eigenvalue weighted by molar-refractivity contribution is -0.160. The monoisotopic (exact) mass is 672 g/mol. The van der Waals surface area contributed by atoms with E-state index < -0.39 is 60.9 Å². The number of carbonyl (C=O) groups is 5. The Hall–Kier alpha value is -5.42. The molecule has 6 N–H and O–H groups in total. The molecule has 14 nitrogen and oxygen atoms in total. The number of benzene rings is 2. The van der Waals surface area contributed by atoms with Crippen molar-refractivity contribution in [3.63, 3.8) is 0 Å². The number of nitrogens with one attached hydrogen (secondary N) is 2. The number of alkyl halides is 2. The summed E-state index contributed by atoms with van der Waals surface area (Å²) in [4.78, 5) is 68.3. The largest absolute Gasteiger partial charge is 0.457 e. The number of hydrogen-bond donors (Lipinski definition) is 4. The van der Waals surface area contributed by atoms with E-state index in [0.29, 0.717) is 11.5 Å². The zero-order valence-corrected chi connectivity index (χ0v) is 25.6. The molecule has 47 heavy (non-hydrogen) atoms. The molecule has 1 aliphatic heterocycles. The number of likely N-dealkylation sites (tertiary alicyclic amines) is 1. The van der Waals surface area contributed by atoms with Crippen molar-refractivity contribution in [2.75, 3.05) is 13.1 Å². The summed E-state index contributed by atoms with van der Waals surface area (Å²) in [6.07, 6.45) is -1.53. The van der Waals surface area contributed by atoms with Crippen molar-refractivity contribution in [1.82, 2.24) is 15.5 Å². The molecule has 248 valence electrons. The van der Waals surface area contributed by atoms with Crippen LogP contribution in [0.3, 0.4) is 0 Å². The van der Waals surface area contributed by atoms with Gasteiger partial charge in [-0.1, -0.05) is 23.4 Å². The summed E-state index contributed by atoms with van der Waals surface area (Å²) < 4.78 is 36.3. The van der Waals surface area contributed by atoms with Crippen LogP contribution in [0, 0.1) is 0 Å². The number of amides is 4. The van der Waals surface area contributed by atoms with Crippen LogP contribution in [0.15, 0.2) is 71.2 Å². The molecule has 0 aliphatic carbocycles. The summed E-state index contributed by atoms with van der Waals surface area (Å²) >= 11 is 0.983. The van der Waals surface area contributed by atoms with Crippen LogP contribution in [-0.2, 0) is 28.8 Å². The SMILES string of the molecule is CC(=O)O/N=C(\N)c1csc([C@H](NC(=O)[C@@H]2C[C@@H](OC(F)F)CN2C(=O)CNC(=O)c2ccc(Oc3ccccc3)cc2)C(N)=O)c1. The molecule has 0 radical (unpaired) electrons. The highest BCUT2D eigenvalue weighted by Gasteiger charge is 2.42. The number of halogens is 2. The predicted octanol–water partition coefficient (Wildman–Crippen LogP) is 2.01. The van der Waals surface area contributed by atoms with E-state index >= 15 is 0 Å². The molecule has 4 amide bonds. The fraction of sp³-hybridized carbons (Fsp3) is 0.267. The van der Waals surface area contributed by atoms with Crippen LogP contribution in [0.4, 0.5) is 8.78 Å². The summed E-state index contributed by atoms with van der Waals surface area (Å²) in [6, 6.07) is 13.8. The van der Waals surface area contributed by atoms with Crippen LogP contribution >= 0.6 is 11.3 Å². The first kappa shape index (κ1) is 34.5. The van der Waals surface area contributed by atoms with E-state index in [1.54, 1.807) is 24.3 Å². The molecule has 0 bridgehead atoms. The lowest BCUT2D eigenvalue weighted by Crippen LogP contribution is -2.50. The van der Waals surface area contributed by atoms with Gasteiger partial charge in [-0.3, -0.25) is 19.2 Å². The summed E-state index contributed by atoms with van der Waals surface area (Å²) in [5, 5.41) is 9.84. The van der Waals surface area contributed by atoms with E-state index in [-0.39, 0.29) is 34.8 Å². The van der Waals surface area contributed by atoms with Crippen molar-refractivity contribution in [1.29, 1.82) is 0 Å². The topological polar surface area (TPSA) is 205 Å². The van der Waals surface area contributed by atoms with Gasteiger partial charge < -0.3 is 41.3 Å². The van der Waals surface area contributed by atoms with Gasteiger partial charge in [0, 0.05) is 41.3 Å². The molecule has 1 aliphatic rings. The minimum Gasteiger partial charge on any atom is -0.457 e. The maximum atomic E-state index is 13.4. The van der Waals surface area contributed by atoms with E-state index in [0.717, 1.165) is 23.2 Å². The number of ether oxygens (including phenoxy) is 2. The van der Waals surface area contributed by atoms with Gasteiger partial charge in [-0.05, 0) is 42.5 Å². The molecule has 1 aromatic heterocycles. The highest BCUT2D eigenvalue weighted by atomic mass is 32.1.